The average Bonchev–Trinajstić information content (AvgIpc) is 2.50. The summed E-state index contributed by atoms with van der Waals surface area (Å²) in [6, 6.07) is 8.96. The fourth-order valence-electron chi connectivity index (χ4n) is 2.70. The molecule has 0 saturated heterocycles. The van der Waals surface area contributed by atoms with Gasteiger partial charge in [0.05, 0.1) is 11.4 Å². The van der Waals surface area contributed by atoms with Crippen LogP contribution in [0.1, 0.15) is 25.0 Å². The number of nitrogens with one attached hydrogen (secondary N) is 2. The SMILES string of the molecule is Cc1ccc(S(=O)(=O)O)c(NCC(C)(C)Nc2cc(C)ccc2S(=O)(=O)O)c1. The van der Waals surface area contributed by atoms with Crippen LogP contribution in [0.15, 0.2) is 46.2 Å². The lowest BCUT2D eigenvalue weighted by Crippen LogP contribution is -2.39. The molecule has 0 aliphatic heterocycles. The Morgan fingerprint density at radius 2 is 1.25 bits per heavy atom. The molecule has 2 aromatic rings. The number of benzene rings is 2. The Morgan fingerprint density at radius 3 is 1.71 bits per heavy atom. The van der Waals surface area contributed by atoms with Gasteiger partial charge in [-0.1, -0.05) is 12.1 Å². The highest BCUT2D eigenvalue weighted by molar-refractivity contribution is 7.86. The maximum atomic E-state index is 11.6. The average molecular weight is 429 g/mol. The summed E-state index contributed by atoms with van der Waals surface area (Å²) in [7, 11) is -8.82. The molecule has 0 aliphatic carbocycles. The van der Waals surface area contributed by atoms with E-state index in [1.807, 2.05) is 0 Å². The molecule has 2 rings (SSSR count). The normalized spacial score (nSPS) is 12.6. The Morgan fingerprint density at radius 1 is 0.821 bits per heavy atom. The van der Waals surface area contributed by atoms with Gasteiger partial charge in [0.15, 0.2) is 0 Å². The second-order valence-corrected chi connectivity index (χ2v) is 10.1. The smallest absolute Gasteiger partial charge is 0.296 e. The van der Waals surface area contributed by atoms with Crippen LogP contribution in [0.25, 0.3) is 0 Å². The number of rotatable bonds is 7. The third kappa shape index (κ3) is 5.68. The lowest BCUT2D eigenvalue weighted by Gasteiger charge is -2.29. The minimum Gasteiger partial charge on any atom is -0.382 e. The summed E-state index contributed by atoms with van der Waals surface area (Å²) in [5, 5.41) is 6.04. The highest BCUT2D eigenvalue weighted by atomic mass is 32.2. The summed E-state index contributed by atoms with van der Waals surface area (Å²) < 4.78 is 65.3. The zero-order chi connectivity index (χ0) is 21.3. The van der Waals surface area contributed by atoms with Crippen molar-refractivity contribution in [2.24, 2.45) is 0 Å². The largest absolute Gasteiger partial charge is 0.382 e. The van der Waals surface area contributed by atoms with E-state index in [2.05, 4.69) is 10.6 Å². The molecule has 8 nitrogen and oxygen atoms in total. The second-order valence-electron chi connectivity index (χ2n) is 7.31. The van der Waals surface area contributed by atoms with Crippen LogP contribution in [0.2, 0.25) is 0 Å². The van der Waals surface area contributed by atoms with Crippen molar-refractivity contribution in [1.29, 1.82) is 0 Å². The van der Waals surface area contributed by atoms with Gasteiger partial charge in [-0.15, -0.1) is 0 Å². The van der Waals surface area contributed by atoms with Gasteiger partial charge in [-0.25, -0.2) is 0 Å². The van der Waals surface area contributed by atoms with Crippen molar-refractivity contribution in [2.45, 2.75) is 43.0 Å². The number of hydrogen-bond donors (Lipinski definition) is 4. The second kappa shape index (κ2) is 7.70. The zero-order valence-corrected chi connectivity index (χ0v) is 17.6. The van der Waals surface area contributed by atoms with E-state index in [4.69, 9.17) is 0 Å². The number of anilines is 2. The summed E-state index contributed by atoms with van der Waals surface area (Å²) in [5.41, 5.74) is 1.32. The third-order valence-corrected chi connectivity index (χ3v) is 5.84. The molecular formula is C18H24N2O6S2. The zero-order valence-electron chi connectivity index (χ0n) is 16.0. The monoisotopic (exact) mass is 428 g/mol. The van der Waals surface area contributed by atoms with Gasteiger partial charge in [-0.3, -0.25) is 9.11 Å². The van der Waals surface area contributed by atoms with E-state index < -0.39 is 25.8 Å². The van der Waals surface area contributed by atoms with E-state index in [0.717, 1.165) is 11.1 Å². The van der Waals surface area contributed by atoms with Gasteiger partial charge >= 0.3 is 0 Å². The first kappa shape index (κ1) is 22.2. The van der Waals surface area contributed by atoms with Crippen molar-refractivity contribution in [3.8, 4) is 0 Å². The van der Waals surface area contributed by atoms with Crippen molar-refractivity contribution >= 4 is 31.6 Å². The van der Waals surface area contributed by atoms with Crippen LogP contribution < -0.4 is 10.6 Å². The predicted molar refractivity (Wildman–Crippen MR) is 108 cm³/mol. The molecule has 0 spiro atoms. The van der Waals surface area contributed by atoms with Gasteiger partial charge in [0, 0.05) is 12.1 Å². The van der Waals surface area contributed by atoms with Crippen molar-refractivity contribution in [2.75, 3.05) is 17.2 Å². The molecule has 0 fully saturated rings. The van der Waals surface area contributed by atoms with Crippen molar-refractivity contribution in [1.82, 2.24) is 0 Å². The molecule has 154 valence electrons. The molecule has 0 saturated carbocycles. The molecule has 0 bridgehead atoms. The first-order valence-corrected chi connectivity index (χ1v) is 11.3. The molecule has 0 heterocycles. The summed E-state index contributed by atoms with van der Waals surface area (Å²) in [6.45, 7) is 7.32. The molecule has 0 aromatic heterocycles. The quantitative estimate of drug-likeness (QED) is 0.495. The van der Waals surface area contributed by atoms with Crippen molar-refractivity contribution < 1.29 is 25.9 Å². The summed E-state index contributed by atoms with van der Waals surface area (Å²) in [4.78, 5) is -0.497. The molecule has 0 aliphatic rings. The number of aryl methyl sites for hydroxylation is 2. The fourth-order valence-corrected chi connectivity index (χ4v) is 3.98. The molecular weight excluding hydrogens is 404 g/mol. The molecule has 0 atom stereocenters. The van der Waals surface area contributed by atoms with Crippen LogP contribution in [0, 0.1) is 13.8 Å². The van der Waals surface area contributed by atoms with Crippen molar-refractivity contribution in [3.05, 3.63) is 47.5 Å². The molecule has 4 N–H and O–H groups in total. The first-order valence-electron chi connectivity index (χ1n) is 8.37. The molecule has 0 amide bonds. The van der Waals surface area contributed by atoms with Crippen LogP contribution in [0.3, 0.4) is 0 Å². The molecule has 2 aromatic carbocycles. The number of hydrogen-bond acceptors (Lipinski definition) is 6. The third-order valence-electron chi connectivity index (χ3n) is 4.02. The summed E-state index contributed by atoms with van der Waals surface area (Å²) in [5.74, 6) is 0. The topological polar surface area (TPSA) is 133 Å². The molecule has 0 unspecified atom stereocenters. The van der Waals surface area contributed by atoms with Gasteiger partial charge in [-0.2, -0.15) is 16.8 Å². The van der Waals surface area contributed by atoms with E-state index in [9.17, 15) is 25.9 Å². The van der Waals surface area contributed by atoms with E-state index in [0.29, 0.717) is 0 Å². The first-order chi connectivity index (χ1) is 12.7. The van der Waals surface area contributed by atoms with E-state index >= 15 is 0 Å². The van der Waals surface area contributed by atoms with Crippen LogP contribution in [0.4, 0.5) is 11.4 Å². The lowest BCUT2D eigenvalue weighted by atomic mass is 10.0. The Kier molecular flexibility index (Phi) is 6.10. The molecule has 28 heavy (non-hydrogen) atoms. The highest BCUT2D eigenvalue weighted by Crippen LogP contribution is 2.27. The van der Waals surface area contributed by atoms with E-state index in [1.54, 1.807) is 52.0 Å². The minimum absolute atomic E-state index is 0.192. The van der Waals surface area contributed by atoms with Crippen LogP contribution in [-0.2, 0) is 20.2 Å². The molecule has 10 heteroatoms. The van der Waals surface area contributed by atoms with Gasteiger partial charge in [0.25, 0.3) is 20.2 Å². The fraction of sp³-hybridized carbons (Fsp3) is 0.333. The highest BCUT2D eigenvalue weighted by Gasteiger charge is 2.24. The Labute approximate surface area is 165 Å². The van der Waals surface area contributed by atoms with Crippen LogP contribution >= 0.6 is 0 Å². The van der Waals surface area contributed by atoms with E-state index in [1.165, 1.54) is 12.1 Å². The van der Waals surface area contributed by atoms with E-state index in [-0.39, 0.29) is 27.7 Å². The van der Waals surface area contributed by atoms with Gasteiger partial charge < -0.3 is 10.6 Å². The minimum atomic E-state index is -4.42. The van der Waals surface area contributed by atoms with Gasteiger partial charge in [0.2, 0.25) is 0 Å². The summed E-state index contributed by atoms with van der Waals surface area (Å²) >= 11 is 0. The van der Waals surface area contributed by atoms with Gasteiger partial charge in [0.1, 0.15) is 9.79 Å². The Balaban J connectivity index is 2.30. The van der Waals surface area contributed by atoms with Crippen LogP contribution in [-0.4, -0.2) is 38.0 Å². The summed E-state index contributed by atoms with van der Waals surface area (Å²) in [6.07, 6.45) is 0. The molecule has 0 radical (unpaired) electrons. The van der Waals surface area contributed by atoms with Crippen molar-refractivity contribution in [3.63, 3.8) is 0 Å². The lowest BCUT2D eigenvalue weighted by molar-refractivity contribution is 0.480. The standard InChI is InChI=1S/C18H24N2O6S2/c1-12-5-7-16(27(21,22)23)14(9-12)19-11-18(3,4)20-15-10-13(2)6-8-17(15)28(24,25)26/h5-10,19-20H,11H2,1-4H3,(H,21,22,23)(H,24,25,26). The maximum Gasteiger partial charge on any atom is 0.296 e. The Bertz CT molecular complexity index is 1090. The predicted octanol–water partition coefficient (Wildman–Crippen LogP) is 3.10. The maximum absolute atomic E-state index is 11.6. The van der Waals surface area contributed by atoms with Gasteiger partial charge in [-0.05, 0) is 63.1 Å². The Hall–Kier alpha value is -2.14. The van der Waals surface area contributed by atoms with Crippen LogP contribution in [0.5, 0.6) is 0 Å².